The fourth-order valence-corrected chi connectivity index (χ4v) is 5.08. The van der Waals surface area contributed by atoms with Crippen LogP contribution in [0.1, 0.15) is 30.4 Å². The maximum Gasteiger partial charge on any atom is 0.231 e. The predicted octanol–water partition coefficient (Wildman–Crippen LogP) is 1.97. The van der Waals surface area contributed by atoms with Crippen LogP contribution >= 0.6 is 0 Å². The van der Waals surface area contributed by atoms with E-state index in [1.54, 1.807) is 7.11 Å². The molecular weight excluding hydrogens is 306 g/mol. The predicted molar refractivity (Wildman–Crippen MR) is 88.3 cm³/mol. The van der Waals surface area contributed by atoms with Gasteiger partial charge in [-0.25, -0.2) is 0 Å². The number of benzene rings is 1. The molecule has 0 aromatic heterocycles. The van der Waals surface area contributed by atoms with Crippen LogP contribution in [0.25, 0.3) is 0 Å². The zero-order chi connectivity index (χ0) is 16.3. The molecule has 3 aliphatic heterocycles. The highest BCUT2D eigenvalue weighted by atomic mass is 16.7. The molecule has 4 aliphatic rings. The van der Waals surface area contributed by atoms with Crippen LogP contribution in [0.2, 0.25) is 0 Å². The molecule has 1 fully saturated rings. The zero-order valence-electron chi connectivity index (χ0n) is 14.0. The Morgan fingerprint density at radius 1 is 1.21 bits per heavy atom. The Bertz CT molecular complexity index is 716. The molecule has 1 spiro atoms. The van der Waals surface area contributed by atoms with E-state index < -0.39 is 6.10 Å². The first-order valence-corrected chi connectivity index (χ1v) is 8.82. The Labute approximate surface area is 141 Å². The van der Waals surface area contributed by atoms with E-state index in [1.807, 2.05) is 6.08 Å². The average molecular weight is 329 g/mol. The van der Waals surface area contributed by atoms with Crippen LogP contribution in [0, 0.1) is 0 Å². The van der Waals surface area contributed by atoms with Crippen molar-refractivity contribution in [2.24, 2.45) is 0 Å². The average Bonchev–Trinajstić information content (AvgIpc) is 3.14. The molecular formula is C19H23NO4. The molecule has 1 aliphatic carbocycles. The number of hydrogen-bond donors (Lipinski definition) is 1. The Balaban J connectivity index is 1.73. The molecule has 1 unspecified atom stereocenters. The van der Waals surface area contributed by atoms with Crippen LogP contribution in [0.3, 0.4) is 0 Å². The lowest BCUT2D eigenvalue weighted by Gasteiger charge is -2.45. The summed E-state index contributed by atoms with van der Waals surface area (Å²) in [6.07, 6.45) is 5.35. The normalized spacial score (nSPS) is 34.2. The van der Waals surface area contributed by atoms with Gasteiger partial charge in [-0.05, 0) is 54.6 Å². The first kappa shape index (κ1) is 14.8. The topological polar surface area (TPSA) is 51.2 Å². The van der Waals surface area contributed by atoms with Gasteiger partial charge in [-0.1, -0.05) is 6.08 Å². The van der Waals surface area contributed by atoms with Crippen molar-refractivity contribution in [2.45, 2.75) is 43.4 Å². The van der Waals surface area contributed by atoms with Gasteiger partial charge in [-0.15, -0.1) is 0 Å². The van der Waals surface area contributed by atoms with Gasteiger partial charge in [0.05, 0.1) is 17.7 Å². The monoisotopic (exact) mass is 329 g/mol. The fourth-order valence-electron chi connectivity index (χ4n) is 5.08. The van der Waals surface area contributed by atoms with Gasteiger partial charge >= 0.3 is 0 Å². The van der Waals surface area contributed by atoms with Crippen LogP contribution in [0.5, 0.6) is 11.5 Å². The molecule has 1 N–H and O–H groups in total. The number of aliphatic hydroxyl groups excluding tert-OH is 1. The summed E-state index contributed by atoms with van der Waals surface area (Å²) in [4.78, 5) is 2.59. The highest BCUT2D eigenvalue weighted by Crippen LogP contribution is 2.54. The Morgan fingerprint density at radius 2 is 2.04 bits per heavy atom. The lowest BCUT2D eigenvalue weighted by atomic mass is 9.72. The van der Waals surface area contributed by atoms with Crippen molar-refractivity contribution in [1.29, 1.82) is 0 Å². The highest BCUT2D eigenvalue weighted by Gasteiger charge is 2.52. The summed E-state index contributed by atoms with van der Waals surface area (Å²) >= 11 is 0. The van der Waals surface area contributed by atoms with Crippen molar-refractivity contribution in [3.05, 3.63) is 34.9 Å². The van der Waals surface area contributed by atoms with Crippen molar-refractivity contribution < 1.29 is 19.3 Å². The summed E-state index contributed by atoms with van der Waals surface area (Å²) in [5.41, 5.74) is 3.85. The molecule has 1 saturated heterocycles. The van der Waals surface area contributed by atoms with E-state index in [-0.39, 0.29) is 11.6 Å². The molecule has 0 radical (unpaired) electrons. The lowest BCUT2D eigenvalue weighted by molar-refractivity contribution is -0.0317. The fraction of sp³-hybridized carbons (Fsp3) is 0.579. The van der Waals surface area contributed by atoms with Crippen molar-refractivity contribution >= 4 is 0 Å². The minimum atomic E-state index is -0.517. The summed E-state index contributed by atoms with van der Waals surface area (Å²) in [5, 5.41) is 10.4. The molecule has 128 valence electrons. The van der Waals surface area contributed by atoms with Gasteiger partial charge in [0.15, 0.2) is 11.5 Å². The number of aryl methyl sites for hydroxylation is 1. The van der Waals surface area contributed by atoms with Crippen molar-refractivity contribution in [2.75, 3.05) is 27.0 Å². The molecule has 0 saturated carbocycles. The quantitative estimate of drug-likeness (QED) is 0.799. The Kier molecular flexibility index (Phi) is 3.21. The first-order valence-electron chi connectivity index (χ1n) is 8.82. The minimum Gasteiger partial charge on any atom is -0.454 e. The second kappa shape index (κ2) is 5.22. The second-order valence-electron chi connectivity index (χ2n) is 7.22. The van der Waals surface area contributed by atoms with Crippen LogP contribution in [0.4, 0.5) is 0 Å². The number of methoxy groups -OCH3 is 1. The third-order valence-corrected chi connectivity index (χ3v) is 6.19. The van der Waals surface area contributed by atoms with Crippen molar-refractivity contribution in [1.82, 2.24) is 4.90 Å². The van der Waals surface area contributed by atoms with Gasteiger partial charge in [-0.2, -0.15) is 0 Å². The molecule has 5 nitrogen and oxygen atoms in total. The van der Waals surface area contributed by atoms with Crippen LogP contribution in [-0.4, -0.2) is 49.2 Å². The van der Waals surface area contributed by atoms with Gasteiger partial charge in [-0.3, -0.25) is 4.90 Å². The van der Waals surface area contributed by atoms with E-state index in [0.717, 1.165) is 50.3 Å². The summed E-state index contributed by atoms with van der Waals surface area (Å²) in [6.45, 7) is 2.42. The van der Waals surface area contributed by atoms with Gasteiger partial charge in [0.25, 0.3) is 0 Å². The molecule has 1 aromatic carbocycles. The van der Waals surface area contributed by atoms with Crippen LogP contribution in [-0.2, 0) is 16.7 Å². The van der Waals surface area contributed by atoms with Crippen molar-refractivity contribution in [3.8, 4) is 11.5 Å². The maximum atomic E-state index is 10.4. The number of nitrogens with zero attached hydrogens (tertiary/aromatic N) is 1. The summed E-state index contributed by atoms with van der Waals surface area (Å²) in [5.74, 6) is 1.71. The lowest BCUT2D eigenvalue weighted by Crippen LogP contribution is -2.49. The van der Waals surface area contributed by atoms with Crippen molar-refractivity contribution in [3.63, 3.8) is 0 Å². The van der Waals surface area contributed by atoms with Gasteiger partial charge in [0.1, 0.15) is 0 Å². The first-order chi connectivity index (χ1) is 11.7. The summed E-state index contributed by atoms with van der Waals surface area (Å²) in [6, 6.07) is 4.35. The molecule has 0 amide bonds. The van der Waals surface area contributed by atoms with Gasteiger partial charge < -0.3 is 19.3 Å². The Hall–Kier alpha value is -1.56. The highest BCUT2D eigenvalue weighted by molar-refractivity contribution is 5.55. The van der Waals surface area contributed by atoms with E-state index in [1.165, 1.54) is 16.7 Å². The maximum absolute atomic E-state index is 10.4. The van der Waals surface area contributed by atoms with Crippen LogP contribution < -0.4 is 9.47 Å². The molecule has 1 aromatic rings. The van der Waals surface area contributed by atoms with Gasteiger partial charge in [0, 0.05) is 20.1 Å². The van der Waals surface area contributed by atoms with E-state index >= 15 is 0 Å². The smallest absolute Gasteiger partial charge is 0.231 e. The molecule has 5 heteroatoms. The second-order valence-corrected chi connectivity index (χ2v) is 7.22. The number of fused-ring (bicyclic) bond motifs is 2. The largest absolute Gasteiger partial charge is 0.454 e. The molecule has 24 heavy (non-hydrogen) atoms. The van der Waals surface area contributed by atoms with E-state index in [0.29, 0.717) is 6.79 Å². The third-order valence-electron chi connectivity index (χ3n) is 6.19. The SMILES string of the molecule is CO[C@@H]1C[C@@]23C(=CC1O)CCN2CCCc1cc2c(cc13)OCO2. The molecule has 5 rings (SSSR count). The van der Waals surface area contributed by atoms with E-state index in [4.69, 9.17) is 14.2 Å². The number of aliphatic hydroxyl groups is 1. The zero-order valence-corrected chi connectivity index (χ0v) is 14.0. The standard InChI is InChI=1S/C19H23NO4/c1-22-18-10-19-13(8-15(18)21)4-6-20(19)5-2-3-12-7-16-17(9-14(12)19)24-11-23-16/h7-9,15,18,21H,2-6,10-11H2,1H3/t15?,18-,19+/m1/s1. The number of rotatable bonds is 1. The molecule has 3 heterocycles. The van der Waals surface area contributed by atoms with E-state index in [9.17, 15) is 5.11 Å². The molecule has 0 bridgehead atoms. The Morgan fingerprint density at radius 3 is 2.88 bits per heavy atom. The number of hydrogen-bond acceptors (Lipinski definition) is 5. The van der Waals surface area contributed by atoms with E-state index in [2.05, 4.69) is 17.0 Å². The summed E-state index contributed by atoms with van der Waals surface area (Å²) < 4.78 is 16.9. The van der Waals surface area contributed by atoms with Crippen LogP contribution in [0.15, 0.2) is 23.8 Å². The minimum absolute atomic E-state index is 0.160. The molecule has 3 atom stereocenters. The summed E-state index contributed by atoms with van der Waals surface area (Å²) in [7, 11) is 1.69. The number of ether oxygens (including phenoxy) is 3. The third kappa shape index (κ3) is 1.86. The van der Waals surface area contributed by atoms with Gasteiger partial charge in [0.2, 0.25) is 6.79 Å².